The molecule has 0 bridgehead atoms. The Morgan fingerprint density at radius 3 is 2.27 bits per heavy atom. The van der Waals surface area contributed by atoms with Crippen LogP contribution in [0, 0.1) is 0 Å². The van der Waals surface area contributed by atoms with Gasteiger partial charge in [0.15, 0.2) is 0 Å². The van der Waals surface area contributed by atoms with E-state index in [0.29, 0.717) is 4.47 Å². The third kappa shape index (κ3) is 3.35. The second-order valence-electron chi connectivity index (χ2n) is 1.77. The van der Waals surface area contributed by atoms with Crippen molar-refractivity contribution in [3.05, 3.63) is 34.3 Å². The van der Waals surface area contributed by atoms with E-state index in [2.05, 4.69) is 15.9 Å². The number of carboxylic acid groups (broad SMARTS) is 1. The normalized spacial score (nSPS) is 8.45. The number of aromatic carboxylic acids is 1. The molecule has 0 aromatic heterocycles. The van der Waals surface area contributed by atoms with Crippen molar-refractivity contribution < 1.29 is 61.3 Å². The third-order valence-electron chi connectivity index (χ3n) is 1.09. The molecule has 0 heterocycles. The first-order valence-electron chi connectivity index (χ1n) is 2.67. The minimum Gasteiger partial charge on any atom is -0.545 e. The Labute approximate surface area is 116 Å². The molecule has 0 saturated carbocycles. The fourth-order valence-electron chi connectivity index (χ4n) is 0.627. The van der Waals surface area contributed by atoms with Gasteiger partial charge in [0, 0.05) is 10.0 Å². The number of carbonyl (C=O) groups is 1. The summed E-state index contributed by atoms with van der Waals surface area (Å²) < 4.78 is 0.551. The van der Waals surface area contributed by atoms with E-state index in [1.54, 1.807) is 18.2 Å². The van der Waals surface area contributed by atoms with E-state index < -0.39 is 5.97 Å². The van der Waals surface area contributed by atoms with Crippen LogP contribution in [0.15, 0.2) is 28.7 Å². The molecular weight excluding hydrogens is 235 g/mol. The number of hydrogen-bond donors (Lipinski definition) is 0. The Balaban J connectivity index is 0.000001000. The summed E-state index contributed by atoms with van der Waals surface area (Å²) in [5.74, 6) is -1.16. The predicted octanol–water partition coefficient (Wildman–Crippen LogP) is -2.18. The SMILES string of the molecule is O=C([O-])c1ccccc1Br.[K+]. The summed E-state index contributed by atoms with van der Waals surface area (Å²) in [6.07, 6.45) is 0. The van der Waals surface area contributed by atoms with Gasteiger partial charge in [-0.3, -0.25) is 0 Å². The molecule has 0 aliphatic carbocycles. The maximum atomic E-state index is 10.3. The Hall–Kier alpha value is 0.806. The summed E-state index contributed by atoms with van der Waals surface area (Å²) in [6, 6.07) is 6.54. The molecule has 1 aromatic rings. The Morgan fingerprint density at radius 1 is 1.36 bits per heavy atom. The van der Waals surface area contributed by atoms with Crippen LogP contribution >= 0.6 is 15.9 Å². The molecule has 1 rings (SSSR count). The first-order valence-corrected chi connectivity index (χ1v) is 3.47. The van der Waals surface area contributed by atoms with Crippen molar-refractivity contribution in [3.8, 4) is 0 Å². The Bertz CT molecular complexity index is 262. The molecule has 0 radical (unpaired) electrons. The van der Waals surface area contributed by atoms with Crippen LogP contribution in [0.25, 0.3) is 0 Å². The minimum absolute atomic E-state index is 0. The molecule has 52 valence electrons. The van der Waals surface area contributed by atoms with Crippen molar-refractivity contribution in [3.63, 3.8) is 0 Å². The molecule has 1 aromatic carbocycles. The number of rotatable bonds is 1. The van der Waals surface area contributed by atoms with Crippen molar-refractivity contribution in [2.45, 2.75) is 0 Å². The van der Waals surface area contributed by atoms with Gasteiger partial charge in [0.05, 0.1) is 5.97 Å². The van der Waals surface area contributed by atoms with E-state index in [-0.39, 0.29) is 56.9 Å². The molecular formula is C7H4BrKO2. The summed E-state index contributed by atoms with van der Waals surface area (Å²) in [5, 5.41) is 10.3. The topological polar surface area (TPSA) is 40.1 Å². The molecule has 0 unspecified atom stereocenters. The molecule has 0 spiro atoms. The molecule has 4 heteroatoms. The fraction of sp³-hybridized carbons (Fsp3) is 0. The molecule has 0 N–H and O–H groups in total. The van der Waals surface area contributed by atoms with Crippen LogP contribution in [0.1, 0.15) is 10.4 Å². The molecule has 0 amide bonds. The first kappa shape index (κ1) is 11.8. The van der Waals surface area contributed by atoms with Crippen molar-refractivity contribution in [2.75, 3.05) is 0 Å². The second kappa shape index (κ2) is 5.45. The monoisotopic (exact) mass is 238 g/mol. The van der Waals surface area contributed by atoms with Gasteiger partial charge in [0.1, 0.15) is 0 Å². The van der Waals surface area contributed by atoms with Gasteiger partial charge in [-0.25, -0.2) is 0 Å². The van der Waals surface area contributed by atoms with Crippen molar-refractivity contribution in [2.24, 2.45) is 0 Å². The van der Waals surface area contributed by atoms with Gasteiger partial charge in [0.25, 0.3) is 0 Å². The van der Waals surface area contributed by atoms with E-state index in [9.17, 15) is 9.90 Å². The number of benzene rings is 1. The molecule has 0 fully saturated rings. The maximum Gasteiger partial charge on any atom is 1.00 e. The summed E-state index contributed by atoms with van der Waals surface area (Å²) in [4.78, 5) is 10.3. The summed E-state index contributed by atoms with van der Waals surface area (Å²) in [7, 11) is 0. The van der Waals surface area contributed by atoms with E-state index in [4.69, 9.17) is 0 Å². The second-order valence-corrected chi connectivity index (χ2v) is 2.62. The molecule has 0 atom stereocenters. The number of carboxylic acids is 1. The van der Waals surface area contributed by atoms with Crippen LogP contribution in [0.3, 0.4) is 0 Å². The van der Waals surface area contributed by atoms with Crippen molar-refractivity contribution >= 4 is 21.9 Å². The average molecular weight is 239 g/mol. The summed E-state index contributed by atoms with van der Waals surface area (Å²) in [5.41, 5.74) is 0.183. The smallest absolute Gasteiger partial charge is 0.545 e. The third-order valence-corrected chi connectivity index (χ3v) is 1.79. The van der Waals surface area contributed by atoms with E-state index in [1.807, 2.05) is 0 Å². The number of carbonyl (C=O) groups excluding carboxylic acids is 1. The molecule has 0 saturated heterocycles. The minimum atomic E-state index is -1.16. The van der Waals surface area contributed by atoms with Crippen LogP contribution in [-0.2, 0) is 0 Å². The van der Waals surface area contributed by atoms with Crippen LogP contribution in [0.5, 0.6) is 0 Å². The van der Waals surface area contributed by atoms with Gasteiger partial charge in [-0.05, 0) is 6.07 Å². The quantitative estimate of drug-likeness (QED) is 0.523. The van der Waals surface area contributed by atoms with E-state index in [0.717, 1.165) is 0 Å². The molecule has 11 heavy (non-hydrogen) atoms. The van der Waals surface area contributed by atoms with Crippen LogP contribution in [0.2, 0.25) is 0 Å². The van der Waals surface area contributed by atoms with Gasteiger partial charge < -0.3 is 9.90 Å². The standard InChI is InChI=1S/C7H5BrO2.K/c8-6-4-2-1-3-5(6)7(9)10;/h1-4H,(H,9,10);/q;+1/p-1. The zero-order valence-corrected chi connectivity index (χ0v) is 10.7. The van der Waals surface area contributed by atoms with Gasteiger partial charge >= 0.3 is 51.4 Å². The van der Waals surface area contributed by atoms with Gasteiger partial charge in [-0.15, -0.1) is 0 Å². The maximum absolute atomic E-state index is 10.3. The molecule has 0 aliphatic rings. The Kier molecular flexibility index (Phi) is 5.85. The van der Waals surface area contributed by atoms with Crippen LogP contribution < -0.4 is 56.5 Å². The first-order chi connectivity index (χ1) is 4.72. The van der Waals surface area contributed by atoms with Crippen molar-refractivity contribution in [1.29, 1.82) is 0 Å². The van der Waals surface area contributed by atoms with Gasteiger partial charge in [-0.2, -0.15) is 0 Å². The zero-order valence-electron chi connectivity index (χ0n) is 6.00. The van der Waals surface area contributed by atoms with E-state index in [1.165, 1.54) is 6.07 Å². The van der Waals surface area contributed by atoms with Gasteiger partial charge in [0.2, 0.25) is 0 Å². The van der Waals surface area contributed by atoms with Gasteiger partial charge in [-0.1, -0.05) is 34.1 Å². The average Bonchev–Trinajstić information content (AvgIpc) is 1.88. The van der Waals surface area contributed by atoms with E-state index >= 15 is 0 Å². The fourth-order valence-corrected chi connectivity index (χ4v) is 1.07. The predicted molar refractivity (Wildman–Crippen MR) is 38.5 cm³/mol. The molecule has 2 nitrogen and oxygen atoms in total. The number of halogens is 1. The molecule has 0 aliphatic heterocycles. The number of hydrogen-bond acceptors (Lipinski definition) is 2. The van der Waals surface area contributed by atoms with Crippen molar-refractivity contribution in [1.82, 2.24) is 0 Å². The Morgan fingerprint density at radius 2 is 1.91 bits per heavy atom. The summed E-state index contributed by atoms with van der Waals surface area (Å²) >= 11 is 3.08. The largest absolute Gasteiger partial charge is 1.00 e. The zero-order chi connectivity index (χ0) is 7.56. The van der Waals surface area contributed by atoms with Crippen LogP contribution in [0.4, 0.5) is 0 Å². The summed E-state index contributed by atoms with van der Waals surface area (Å²) in [6.45, 7) is 0. The van der Waals surface area contributed by atoms with Crippen LogP contribution in [-0.4, -0.2) is 5.97 Å².